The summed E-state index contributed by atoms with van der Waals surface area (Å²) in [4.78, 5) is 0. The van der Waals surface area contributed by atoms with Gasteiger partial charge in [-0.2, -0.15) is 4.57 Å². The van der Waals surface area contributed by atoms with Crippen LogP contribution < -0.4 is 19.7 Å². The molecule has 2 heterocycles. The fraction of sp³-hybridized carbons (Fsp3) is 0.323. The topological polar surface area (TPSA) is 13.1 Å². The van der Waals surface area contributed by atoms with E-state index in [0.717, 1.165) is 17.9 Å². The maximum absolute atomic E-state index is 6.93. The van der Waals surface area contributed by atoms with E-state index < -0.39 is 8.07 Å². The average Bonchev–Trinajstić information content (AvgIpc) is 2.76. The molecule has 0 fully saturated rings. The molecule has 1 aromatic heterocycles. The number of aryl methyl sites for hydroxylation is 2. The van der Waals surface area contributed by atoms with Gasteiger partial charge in [-0.05, 0) is 59.0 Å². The Balaban J connectivity index is 1.83. The Morgan fingerprint density at radius 3 is 2.32 bits per heavy atom. The van der Waals surface area contributed by atoms with Crippen molar-refractivity contribution in [3.05, 3.63) is 77.5 Å². The van der Waals surface area contributed by atoms with Gasteiger partial charge in [0.25, 0.3) is 5.69 Å². The van der Waals surface area contributed by atoms with E-state index in [1.54, 1.807) is 0 Å². The van der Waals surface area contributed by atoms with Crippen molar-refractivity contribution >= 4 is 29.2 Å². The standard InChI is InChI=1S/C31H36NOSi/c1-20-16-23-17-22(19-31(3,4)5)18-25-28(23)27(21(20)2)29-30(33-25)26(14-15-32(29)6)34(7,8)24-12-10-9-11-13-24/h9-18H,19H2,1-8H3/q+1. The highest BCUT2D eigenvalue weighted by molar-refractivity contribution is 7.01. The van der Waals surface area contributed by atoms with Crippen molar-refractivity contribution in [2.45, 2.75) is 54.1 Å². The van der Waals surface area contributed by atoms with E-state index in [-0.39, 0.29) is 5.41 Å². The van der Waals surface area contributed by atoms with Gasteiger partial charge in [-0.15, -0.1) is 0 Å². The first kappa shape index (κ1) is 22.9. The second-order valence-electron chi connectivity index (χ2n) is 11.7. The molecule has 0 radical (unpaired) electrons. The van der Waals surface area contributed by atoms with Crippen molar-refractivity contribution in [2.24, 2.45) is 12.5 Å². The van der Waals surface area contributed by atoms with Crippen molar-refractivity contribution < 1.29 is 9.30 Å². The number of hydrogen-bond donors (Lipinski definition) is 0. The lowest BCUT2D eigenvalue weighted by Gasteiger charge is -2.30. The molecule has 0 saturated heterocycles. The van der Waals surface area contributed by atoms with E-state index >= 15 is 0 Å². The minimum atomic E-state index is -1.98. The first-order valence-corrected chi connectivity index (χ1v) is 15.3. The molecular formula is C31H36NOSi+. The Hall–Kier alpha value is -2.91. The van der Waals surface area contributed by atoms with Crippen LogP contribution in [0.5, 0.6) is 11.5 Å². The molecule has 0 unspecified atom stereocenters. The number of pyridine rings is 1. The van der Waals surface area contributed by atoms with Crippen molar-refractivity contribution in [3.8, 4) is 22.8 Å². The first-order chi connectivity index (χ1) is 16.0. The maximum atomic E-state index is 6.93. The van der Waals surface area contributed by atoms with E-state index in [0.29, 0.717) is 0 Å². The van der Waals surface area contributed by atoms with Gasteiger partial charge < -0.3 is 4.74 Å². The molecule has 174 valence electrons. The zero-order valence-electron chi connectivity index (χ0n) is 21.8. The third kappa shape index (κ3) is 3.67. The molecule has 5 rings (SSSR count). The van der Waals surface area contributed by atoms with E-state index in [1.807, 2.05) is 0 Å². The van der Waals surface area contributed by atoms with Crippen LogP contribution >= 0.6 is 0 Å². The molecule has 4 aromatic rings. The molecule has 3 aromatic carbocycles. The molecule has 0 N–H and O–H groups in total. The number of hydrogen-bond acceptors (Lipinski definition) is 1. The molecule has 0 saturated carbocycles. The van der Waals surface area contributed by atoms with Crippen LogP contribution in [-0.2, 0) is 13.5 Å². The average molecular weight is 467 g/mol. The number of benzene rings is 3. The summed E-state index contributed by atoms with van der Waals surface area (Å²) >= 11 is 0. The normalized spacial score (nSPS) is 13.1. The quantitative estimate of drug-likeness (QED) is 0.219. The summed E-state index contributed by atoms with van der Waals surface area (Å²) < 4.78 is 9.18. The summed E-state index contributed by atoms with van der Waals surface area (Å²) in [6, 6.07) is 20.3. The molecule has 0 bridgehead atoms. The minimum absolute atomic E-state index is 0.218. The van der Waals surface area contributed by atoms with Gasteiger partial charge in [-0.3, -0.25) is 0 Å². The molecule has 34 heavy (non-hydrogen) atoms. The summed E-state index contributed by atoms with van der Waals surface area (Å²) in [6.45, 7) is 16.3. The Kier molecular flexibility index (Phi) is 5.25. The third-order valence-corrected chi connectivity index (χ3v) is 10.9. The van der Waals surface area contributed by atoms with Crippen LogP contribution in [0.4, 0.5) is 0 Å². The molecular weight excluding hydrogens is 430 g/mol. The van der Waals surface area contributed by atoms with Crippen LogP contribution in [0.3, 0.4) is 0 Å². The molecule has 0 aliphatic carbocycles. The van der Waals surface area contributed by atoms with Crippen LogP contribution in [0.2, 0.25) is 13.1 Å². The number of fused-ring (bicyclic) bond motifs is 2. The summed E-state index contributed by atoms with van der Waals surface area (Å²) in [5.74, 6) is 2.05. The fourth-order valence-electron chi connectivity index (χ4n) is 5.52. The highest BCUT2D eigenvalue weighted by atomic mass is 28.3. The Bertz CT molecular complexity index is 1430. The molecule has 3 heteroatoms. The molecule has 2 nitrogen and oxygen atoms in total. The zero-order chi connectivity index (χ0) is 24.4. The van der Waals surface area contributed by atoms with Crippen molar-refractivity contribution in [3.63, 3.8) is 0 Å². The molecule has 0 atom stereocenters. The van der Waals surface area contributed by atoms with Gasteiger partial charge in [-0.1, -0.05) is 81.5 Å². The lowest BCUT2D eigenvalue weighted by atomic mass is 9.85. The number of rotatable bonds is 3. The van der Waals surface area contributed by atoms with Gasteiger partial charge in [0.05, 0.1) is 5.56 Å². The largest absolute Gasteiger partial charge is 0.450 e. The summed E-state index contributed by atoms with van der Waals surface area (Å²) in [5, 5.41) is 5.31. The smallest absolute Gasteiger partial charge is 0.256 e. The van der Waals surface area contributed by atoms with E-state index in [2.05, 4.69) is 120 Å². The van der Waals surface area contributed by atoms with Gasteiger partial charge in [0.15, 0.2) is 11.9 Å². The zero-order valence-corrected chi connectivity index (χ0v) is 22.8. The van der Waals surface area contributed by atoms with Crippen LogP contribution in [0.1, 0.15) is 37.5 Å². The van der Waals surface area contributed by atoms with Gasteiger partial charge in [0.1, 0.15) is 20.9 Å². The van der Waals surface area contributed by atoms with E-state index in [1.165, 1.54) is 49.1 Å². The second-order valence-corrected chi connectivity index (χ2v) is 16.1. The fourth-order valence-corrected chi connectivity index (χ4v) is 8.09. The minimum Gasteiger partial charge on any atom is -0.450 e. The van der Waals surface area contributed by atoms with Crippen LogP contribution in [-0.4, -0.2) is 8.07 Å². The van der Waals surface area contributed by atoms with Crippen LogP contribution in [0.25, 0.3) is 22.0 Å². The first-order valence-electron chi connectivity index (χ1n) is 12.3. The van der Waals surface area contributed by atoms with Gasteiger partial charge in [0, 0.05) is 11.5 Å². The Morgan fingerprint density at radius 2 is 1.65 bits per heavy atom. The summed E-state index contributed by atoms with van der Waals surface area (Å²) in [7, 11) is 0.165. The molecule has 0 amide bonds. The maximum Gasteiger partial charge on any atom is 0.256 e. The summed E-state index contributed by atoms with van der Waals surface area (Å²) in [5.41, 5.74) is 6.77. The number of ether oxygens (including phenoxy) is 1. The Labute approximate surface area is 205 Å². The molecule has 1 aliphatic heterocycles. The van der Waals surface area contributed by atoms with E-state index in [9.17, 15) is 0 Å². The van der Waals surface area contributed by atoms with E-state index in [4.69, 9.17) is 4.74 Å². The number of aromatic nitrogens is 1. The Morgan fingerprint density at radius 1 is 0.941 bits per heavy atom. The van der Waals surface area contributed by atoms with Crippen LogP contribution in [0.15, 0.2) is 60.8 Å². The van der Waals surface area contributed by atoms with Crippen LogP contribution in [0, 0.1) is 19.3 Å². The second kappa shape index (κ2) is 7.81. The lowest BCUT2D eigenvalue weighted by molar-refractivity contribution is -0.660. The summed E-state index contributed by atoms with van der Waals surface area (Å²) in [6.07, 6.45) is 3.25. The monoisotopic (exact) mass is 466 g/mol. The van der Waals surface area contributed by atoms with Crippen molar-refractivity contribution in [2.75, 3.05) is 0 Å². The molecule has 0 spiro atoms. The SMILES string of the molecule is Cc1cc2cc(CC(C)(C)C)cc3c2c(c1C)-c1c(c([Si](C)(C)c2ccccc2)cc[n+]1C)O3. The van der Waals surface area contributed by atoms with Crippen molar-refractivity contribution in [1.82, 2.24) is 0 Å². The van der Waals surface area contributed by atoms with Crippen molar-refractivity contribution in [1.29, 1.82) is 0 Å². The molecule has 1 aliphatic rings. The number of nitrogens with zero attached hydrogens (tertiary/aromatic N) is 1. The van der Waals surface area contributed by atoms with Gasteiger partial charge in [-0.25, -0.2) is 0 Å². The predicted octanol–water partition coefficient (Wildman–Crippen LogP) is 6.47. The van der Waals surface area contributed by atoms with Gasteiger partial charge in [0.2, 0.25) is 0 Å². The predicted molar refractivity (Wildman–Crippen MR) is 146 cm³/mol. The third-order valence-electron chi connectivity index (χ3n) is 7.41. The highest BCUT2D eigenvalue weighted by Gasteiger charge is 2.38. The lowest BCUT2D eigenvalue weighted by Crippen LogP contribution is -2.54. The van der Waals surface area contributed by atoms with Gasteiger partial charge >= 0.3 is 0 Å². The highest BCUT2D eigenvalue weighted by Crippen LogP contribution is 2.47.